The Hall–Kier alpha value is -0.560. The Morgan fingerprint density at radius 1 is 0.440 bits per heavy atom. The monoisotopic (exact) mass is 350 g/mol. The molecule has 0 aromatic carbocycles. The second-order valence-electron chi connectivity index (χ2n) is 7.30. The van der Waals surface area contributed by atoms with E-state index in [4.69, 9.17) is 4.74 Å². The van der Waals surface area contributed by atoms with Crippen LogP contribution in [0.4, 0.5) is 0 Å². The fourth-order valence-electron chi connectivity index (χ4n) is 3.01. The average molecular weight is 351 g/mol. The Labute approximate surface area is 159 Å². The van der Waals surface area contributed by atoms with Crippen molar-refractivity contribution in [2.24, 2.45) is 0 Å². The molecule has 0 aliphatic heterocycles. The molecule has 0 aromatic heterocycles. The molecule has 0 N–H and O–H groups in total. The molecule has 0 bridgehead atoms. The van der Waals surface area contributed by atoms with E-state index in [9.17, 15) is 0 Å². The maximum absolute atomic E-state index is 5.60. The maximum atomic E-state index is 5.60. The molecule has 0 aliphatic carbocycles. The standard InChI is InChI=1S/C24H46O/c1-3-5-7-9-11-13-15-17-19-21-23-25-24-22-20-18-16-14-12-10-8-6-4-2/h19-22H,3-18,23-24H2,1-2H3/b21-19+,22-20+. The molecule has 0 atom stereocenters. The van der Waals surface area contributed by atoms with Crippen molar-refractivity contribution in [3.05, 3.63) is 24.3 Å². The number of hydrogen-bond donors (Lipinski definition) is 0. The molecule has 0 amide bonds. The molecule has 25 heavy (non-hydrogen) atoms. The Morgan fingerprint density at radius 2 is 0.800 bits per heavy atom. The quantitative estimate of drug-likeness (QED) is 0.158. The van der Waals surface area contributed by atoms with Crippen LogP contribution in [0.2, 0.25) is 0 Å². The topological polar surface area (TPSA) is 9.23 Å². The molecule has 0 saturated carbocycles. The summed E-state index contributed by atoms with van der Waals surface area (Å²) in [5.41, 5.74) is 0. The van der Waals surface area contributed by atoms with Crippen LogP contribution in [0.15, 0.2) is 24.3 Å². The average Bonchev–Trinajstić information content (AvgIpc) is 2.63. The molecule has 0 radical (unpaired) electrons. The third-order valence-electron chi connectivity index (χ3n) is 4.71. The lowest BCUT2D eigenvalue weighted by molar-refractivity contribution is 0.193. The number of ether oxygens (including phenoxy) is 1. The van der Waals surface area contributed by atoms with Crippen molar-refractivity contribution in [3.8, 4) is 0 Å². The van der Waals surface area contributed by atoms with Gasteiger partial charge in [0.2, 0.25) is 0 Å². The van der Waals surface area contributed by atoms with Gasteiger partial charge in [0.25, 0.3) is 0 Å². The molecule has 0 heterocycles. The van der Waals surface area contributed by atoms with E-state index in [1.807, 2.05) is 0 Å². The van der Waals surface area contributed by atoms with Crippen LogP contribution in [0.25, 0.3) is 0 Å². The third kappa shape index (κ3) is 23.4. The zero-order chi connectivity index (χ0) is 18.3. The summed E-state index contributed by atoms with van der Waals surface area (Å²) in [5.74, 6) is 0. The second-order valence-corrected chi connectivity index (χ2v) is 7.30. The van der Waals surface area contributed by atoms with Crippen LogP contribution in [-0.2, 0) is 4.74 Å². The predicted molar refractivity (Wildman–Crippen MR) is 114 cm³/mol. The number of rotatable bonds is 20. The van der Waals surface area contributed by atoms with Gasteiger partial charge in [-0.2, -0.15) is 0 Å². The highest BCUT2D eigenvalue weighted by molar-refractivity contribution is 4.84. The molecule has 0 spiro atoms. The first-order valence-electron chi connectivity index (χ1n) is 11.3. The highest BCUT2D eigenvalue weighted by Gasteiger charge is 1.90. The van der Waals surface area contributed by atoms with Crippen LogP contribution >= 0.6 is 0 Å². The number of hydrogen-bond acceptors (Lipinski definition) is 1. The van der Waals surface area contributed by atoms with Gasteiger partial charge < -0.3 is 4.74 Å². The van der Waals surface area contributed by atoms with Crippen molar-refractivity contribution in [1.29, 1.82) is 0 Å². The minimum absolute atomic E-state index is 0.762. The Kier molecular flexibility index (Phi) is 22.9. The first-order valence-corrected chi connectivity index (χ1v) is 11.3. The van der Waals surface area contributed by atoms with Crippen molar-refractivity contribution < 1.29 is 4.74 Å². The van der Waals surface area contributed by atoms with E-state index in [0.717, 1.165) is 13.2 Å². The van der Waals surface area contributed by atoms with Gasteiger partial charge in [-0.15, -0.1) is 0 Å². The fraction of sp³-hybridized carbons (Fsp3) is 0.833. The Bertz CT molecular complexity index is 252. The van der Waals surface area contributed by atoms with Gasteiger partial charge in [0.05, 0.1) is 13.2 Å². The van der Waals surface area contributed by atoms with Crippen molar-refractivity contribution >= 4 is 0 Å². The highest BCUT2D eigenvalue weighted by atomic mass is 16.5. The zero-order valence-electron chi connectivity index (χ0n) is 17.4. The fourth-order valence-corrected chi connectivity index (χ4v) is 3.01. The minimum Gasteiger partial charge on any atom is -0.373 e. The Morgan fingerprint density at radius 3 is 1.20 bits per heavy atom. The molecular formula is C24H46O. The molecule has 1 nitrogen and oxygen atoms in total. The van der Waals surface area contributed by atoms with Crippen LogP contribution in [0.3, 0.4) is 0 Å². The van der Waals surface area contributed by atoms with Gasteiger partial charge in [0, 0.05) is 0 Å². The molecule has 148 valence electrons. The first-order chi connectivity index (χ1) is 12.4. The zero-order valence-corrected chi connectivity index (χ0v) is 17.4. The lowest BCUT2D eigenvalue weighted by Crippen LogP contribution is -1.90. The second kappa shape index (κ2) is 23.4. The van der Waals surface area contributed by atoms with Crippen molar-refractivity contribution in [2.45, 2.75) is 117 Å². The van der Waals surface area contributed by atoms with Crippen molar-refractivity contribution in [2.75, 3.05) is 13.2 Å². The molecule has 0 fully saturated rings. The smallest absolute Gasteiger partial charge is 0.0651 e. The van der Waals surface area contributed by atoms with Gasteiger partial charge in [0.15, 0.2) is 0 Å². The van der Waals surface area contributed by atoms with Gasteiger partial charge in [-0.3, -0.25) is 0 Å². The SMILES string of the molecule is CCCCCCCCC/C=C/COC/C=C/CCCCCCCCC. The number of allylic oxidation sites excluding steroid dienone is 2. The van der Waals surface area contributed by atoms with E-state index in [1.54, 1.807) is 0 Å². The van der Waals surface area contributed by atoms with E-state index >= 15 is 0 Å². The van der Waals surface area contributed by atoms with Crippen LogP contribution in [-0.4, -0.2) is 13.2 Å². The summed E-state index contributed by atoms with van der Waals surface area (Å²) < 4.78 is 5.60. The maximum Gasteiger partial charge on any atom is 0.0651 e. The van der Waals surface area contributed by atoms with Gasteiger partial charge >= 0.3 is 0 Å². The summed E-state index contributed by atoms with van der Waals surface area (Å²) in [6.07, 6.45) is 30.8. The third-order valence-corrected chi connectivity index (χ3v) is 4.71. The van der Waals surface area contributed by atoms with E-state index in [2.05, 4.69) is 38.2 Å². The summed E-state index contributed by atoms with van der Waals surface area (Å²) in [7, 11) is 0. The summed E-state index contributed by atoms with van der Waals surface area (Å²) in [4.78, 5) is 0. The normalized spacial score (nSPS) is 11.9. The molecule has 0 unspecified atom stereocenters. The van der Waals surface area contributed by atoms with Gasteiger partial charge in [0.1, 0.15) is 0 Å². The van der Waals surface area contributed by atoms with Gasteiger partial charge in [-0.25, -0.2) is 0 Å². The van der Waals surface area contributed by atoms with E-state index in [1.165, 1.54) is 103 Å². The largest absolute Gasteiger partial charge is 0.373 e. The Balaban J connectivity index is 3.13. The summed E-state index contributed by atoms with van der Waals surface area (Å²) in [6, 6.07) is 0. The summed E-state index contributed by atoms with van der Waals surface area (Å²) in [5, 5.41) is 0. The van der Waals surface area contributed by atoms with Gasteiger partial charge in [-0.05, 0) is 25.7 Å². The van der Waals surface area contributed by atoms with Crippen molar-refractivity contribution in [3.63, 3.8) is 0 Å². The lowest BCUT2D eigenvalue weighted by Gasteiger charge is -1.99. The van der Waals surface area contributed by atoms with E-state index in [0.29, 0.717) is 0 Å². The molecule has 0 aromatic rings. The van der Waals surface area contributed by atoms with E-state index in [-0.39, 0.29) is 0 Å². The molecule has 0 saturated heterocycles. The minimum atomic E-state index is 0.762. The lowest BCUT2D eigenvalue weighted by atomic mass is 10.1. The molecule has 0 aliphatic rings. The van der Waals surface area contributed by atoms with E-state index < -0.39 is 0 Å². The summed E-state index contributed by atoms with van der Waals surface area (Å²) >= 11 is 0. The molecule has 0 rings (SSSR count). The first kappa shape index (κ1) is 24.4. The molecular weight excluding hydrogens is 304 g/mol. The van der Waals surface area contributed by atoms with Crippen LogP contribution in [0.1, 0.15) is 117 Å². The van der Waals surface area contributed by atoms with Gasteiger partial charge in [-0.1, -0.05) is 115 Å². The summed E-state index contributed by atoms with van der Waals surface area (Å²) in [6.45, 7) is 6.08. The van der Waals surface area contributed by atoms with Crippen LogP contribution in [0.5, 0.6) is 0 Å². The molecule has 1 heteroatoms. The van der Waals surface area contributed by atoms with Crippen LogP contribution in [0, 0.1) is 0 Å². The van der Waals surface area contributed by atoms with Crippen LogP contribution < -0.4 is 0 Å². The highest BCUT2D eigenvalue weighted by Crippen LogP contribution is 2.09. The number of unbranched alkanes of at least 4 members (excludes halogenated alkanes) is 14. The predicted octanol–water partition coefficient (Wildman–Crippen LogP) is 8.40. The van der Waals surface area contributed by atoms with Crippen molar-refractivity contribution in [1.82, 2.24) is 0 Å².